The number of halogens is 2. The van der Waals surface area contributed by atoms with Crippen LogP contribution < -0.4 is 9.47 Å². The van der Waals surface area contributed by atoms with Gasteiger partial charge in [0.15, 0.2) is 0 Å². The van der Waals surface area contributed by atoms with Crippen molar-refractivity contribution >= 4 is 22.5 Å². The molecule has 0 fully saturated rings. The Morgan fingerprint density at radius 1 is 1.00 bits per heavy atom. The molecule has 6 heteroatoms. The van der Waals surface area contributed by atoms with Crippen LogP contribution in [0.15, 0.2) is 54.6 Å². The van der Waals surface area contributed by atoms with E-state index in [-0.39, 0.29) is 12.4 Å². The second kappa shape index (κ2) is 8.36. The van der Waals surface area contributed by atoms with Crippen LogP contribution in [0.2, 0.25) is 5.15 Å². The average Bonchev–Trinajstić information content (AvgIpc) is 2.98. The van der Waals surface area contributed by atoms with Crippen molar-refractivity contribution in [1.82, 2.24) is 9.55 Å². The van der Waals surface area contributed by atoms with Crippen LogP contribution in [0, 0.1) is 19.7 Å². The fraction of sp³-hybridized carbons (Fsp3) is 0.208. The van der Waals surface area contributed by atoms with Crippen molar-refractivity contribution in [3.8, 4) is 11.6 Å². The third-order valence-electron chi connectivity index (χ3n) is 5.34. The Balaban J connectivity index is 1.73. The maximum Gasteiger partial charge on any atom is 0.240 e. The molecular weight excluding hydrogens is 403 g/mol. The second-order valence-electron chi connectivity index (χ2n) is 7.21. The summed E-state index contributed by atoms with van der Waals surface area (Å²) < 4.78 is 26.7. The lowest BCUT2D eigenvalue weighted by Gasteiger charge is -2.13. The van der Waals surface area contributed by atoms with Crippen LogP contribution in [0.1, 0.15) is 22.4 Å². The van der Waals surface area contributed by atoms with E-state index >= 15 is 0 Å². The lowest BCUT2D eigenvalue weighted by molar-refractivity contribution is 0.296. The van der Waals surface area contributed by atoms with Crippen molar-refractivity contribution in [2.45, 2.75) is 27.0 Å². The summed E-state index contributed by atoms with van der Waals surface area (Å²) in [7, 11) is 1.65. The van der Waals surface area contributed by atoms with Gasteiger partial charge in [0, 0.05) is 17.6 Å². The van der Waals surface area contributed by atoms with Gasteiger partial charge in [-0.25, -0.2) is 4.39 Å². The van der Waals surface area contributed by atoms with Gasteiger partial charge in [-0.3, -0.25) is 0 Å². The number of hydrogen-bond acceptors (Lipinski definition) is 3. The number of aromatic nitrogens is 2. The molecule has 30 heavy (non-hydrogen) atoms. The Bertz CT molecular complexity index is 1190. The highest BCUT2D eigenvalue weighted by Crippen LogP contribution is 2.34. The summed E-state index contributed by atoms with van der Waals surface area (Å²) in [5.74, 6) is 1.01. The highest BCUT2D eigenvalue weighted by molar-refractivity contribution is 6.30. The zero-order valence-electron chi connectivity index (χ0n) is 17.1. The molecule has 0 aliphatic carbocycles. The number of nitrogens with zero attached hydrogens (tertiary/aromatic N) is 2. The van der Waals surface area contributed by atoms with Gasteiger partial charge < -0.3 is 14.0 Å². The second-order valence-corrected chi connectivity index (χ2v) is 7.59. The Labute approximate surface area is 179 Å². The predicted octanol–water partition coefficient (Wildman–Crippen LogP) is 6.08. The van der Waals surface area contributed by atoms with Gasteiger partial charge in [0.2, 0.25) is 5.88 Å². The first-order valence-corrected chi connectivity index (χ1v) is 10.00. The quantitative estimate of drug-likeness (QED) is 0.352. The number of aryl methyl sites for hydroxylation is 1. The summed E-state index contributed by atoms with van der Waals surface area (Å²) in [4.78, 5) is 4.45. The standard InChI is InChI=1S/C24H22ClFN2O2/c1-15-16(2)28(13-17-6-10-20(29-3)11-7-17)23-21(15)12-22(25)27-24(23)30-14-18-4-8-19(26)9-5-18/h4-12H,13-14H2,1-3H3. The molecule has 0 N–H and O–H groups in total. The van der Waals surface area contributed by atoms with E-state index in [0.717, 1.165) is 39.0 Å². The molecule has 154 valence electrons. The summed E-state index contributed by atoms with van der Waals surface area (Å²) in [6.45, 7) is 5.09. The van der Waals surface area contributed by atoms with Gasteiger partial charge in [-0.2, -0.15) is 4.98 Å². The molecule has 0 saturated heterocycles. The molecule has 0 aliphatic rings. The molecule has 2 aromatic carbocycles. The number of fused-ring (bicyclic) bond motifs is 1. The number of methoxy groups -OCH3 is 1. The van der Waals surface area contributed by atoms with E-state index in [9.17, 15) is 4.39 Å². The first kappa shape index (κ1) is 20.2. The smallest absolute Gasteiger partial charge is 0.240 e. The van der Waals surface area contributed by atoms with E-state index in [4.69, 9.17) is 21.1 Å². The van der Waals surface area contributed by atoms with Crippen molar-refractivity contribution in [2.75, 3.05) is 7.11 Å². The molecule has 0 amide bonds. The van der Waals surface area contributed by atoms with Crippen molar-refractivity contribution in [1.29, 1.82) is 0 Å². The molecule has 0 radical (unpaired) electrons. The van der Waals surface area contributed by atoms with Crippen LogP contribution in [0.25, 0.3) is 10.9 Å². The Kier molecular flexibility index (Phi) is 5.64. The van der Waals surface area contributed by atoms with Gasteiger partial charge >= 0.3 is 0 Å². The summed E-state index contributed by atoms with van der Waals surface area (Å²) in [6.07, 6.45) is 0. The number of hydrogen-bond donors (Lipinski definition) is 0. The third-order valence-corrected chi connectivity index (χ3v) is 5.53. The van der Waals surface area contributed by atoms with Gasteiger partial charge in [0.1, 0.15) is 28.8 Å². The molecule has 0 bridgehead atoms. The van der Waals surface area contributed by atoms with Crippen LogP contribution in [-0.4, -0.2) is 16.7 Å². The normalized spacial score (nSPS) is 11.1. The van der Waals surface area contributed by atoms with Gasteiger partial charge in [-0.05, 0) is 60.9 Å². The topological polar surface area (TPSA) is 36.3 Å². The van der Waals surface area contributed by atoms with Crippen molar-refractivity contribution in [3.05, 3.63) is 88.0 Å². The van der Waals surface area contributed by atoms with E-state index in [1.165, 1.54) is 12.1 Å². The largest absolute Gasteiger partial charge is 0.497 e. The van der Waals surface area contributed by atoms with Crippen LogP contribution in [0.5, 0.6) is 11.6 Å². The lowest BCUT2D eigenvalue weighted by atomic mass is 10.2. The lowest BCUT2D eigenvalue weighted by Crippen LogP contribution is -2.05. The zero-order chi connectivity index (χ0) is 21.3. The zero-order valence-corrected chi connectivity index (χ0v) is 17.8. The molecule has 0 aliphatic heterocycles. The minimum Gasteiger partial charge on any atom is -0.497 e. The third kappa shape index (κ3) is 3.98. The van der Waals surface area contributed by atoms with Gasteiger partial charge in [0.25, 0.3) is 0 Å². The van der Waals surface area contributed by atoms with E-state index in [1.807, 2.05) is 30.3 Å². The first-order chi connectivity index (χ1) is 14.5. The number of pyridine rings is 1. The molecule has 0 saturated carbocycles. The van der Waals surface area contributed by atoms with E-state index in [0.29, 0.717) is 17.6 Å². The number of benzene rings is 2. The Hall–Kier alpha value is -3.05. The van der Waals surface area contributed by atoms with Crippen LogP contribution in [0.4, 0.5) is 4.39 Å². The van der Waals surface area contributed by atoms with Gasteiger partial charge in [-0.1, -0.05) is 35.9 Å². The Morgan fingerprint density at radius 2 is 1.67 bits per heavy atom. The minimum absolute atomic E-state index is 0.272. The molecule has 4 aromatic rings. The molecule has 0 atom stereocenters. The van der Waals surface area contributed by atoms with Crippen LogP contribution in [-0.2, 0) is 13.2 Å². The van der Waals surface area contributed by atoms with Crippen molar-refractivity contribution in [3.63, 3.8) is 0 Å². The van der Waals surface area contributed by atoms with Crippen molar-refractivity contribution < 1.29 is 13.9 Å². The molecule has 4 rings (SSSR count). The van der Waals surface area contributed by atoms with E-state index in [1.54, 1.807) is 19.2 Å². The summed E-state index contributed by atoms with van der Waals surface area (Å²) in [6, 6.07) is 16.1. The maximum absolute atomic E-state index is 13.2. The number of ether oxygens (including phenoxy) is 2. The average molecular weight is 425 g/mol. The highest BCUT2D eigenvalue weighted by atomic mass is 35.5. The molecule has 2 aromatic heterocycles. The molecule has 2 heterocycles. The van der Waals surface area contributed by atoms with Gasteiger partial charge in [0.05, 0.1) is 7.11 Å². The molecule has 0 spiro atoms. The highest BCUT2D eigenvalue weighted by Gasteiger charge is 2.18. The monoisotopic (exact) mass is 424 g/mol. The Morgan fingerprint density at radius 3 is 2.33 bits per heavy atom. The predicted molar refractivity (Wildman–Crippen MR) is 117 cm³/mol. The minimum atomic E-state index is -0.276. The van der Waals surface area contributed by atoms with Crippen LogP contribution in [0.3, 0.4) is 0 Å². The molecular formula is C24H22ClFN2O2. The van der Waals surface area contributed by atoms with Gasteiger partial charge in [-0.15, -0.1) is 0 Å². The van der Waals surface area contributed by atoms with Crippen LogP contribution >= 0.6 is 11.6 Å². The molecule has 0 unspecified atom stereocenters. The fourth-order valence-electron chi connectivity index (χ4n) is 3.54. The first-order valence-electron chi connectivity index (χ1n) is 9.62. The molecule has 4 nitrogen and oxygen atoms in total. The maximum atomic E-state index is 13.2. The van der Waals surface area contributed by atoms with E-state index < -0.39 is 0 Å². The fourth-order valence-corrected chi connectivity index (χ4v) is 3.73. The van der Waals surface area contributed by atoms with E-state index in [2.05, 4.69) is 23.4 Å². The summed E-state index contributed by atoms with van der Waals surface area (Å²) >= 11 is 6.29. The number of rotatable bonds is 6. The summed E-state index contributed by atoms with van der Waals surface area (Å²) in [5, 5.41) is 1.39. The summed E-state index contributed by atoms with van der Waals surface area (Å²) in [5.41, 5.74) is 5.14. The SMILES string of the molecule is COc1ccc(Cn2c(C)c(C)c3cc(Cl)nc(OCc4ccc(F)cc4)c32)cc1. The van der Waals surface area contributed by atoms with Crippen molar-refractivity contribution in [2.24, 2.45) is 0 Å².